The minimum absolute atomic E-state index is 0.180. The fraction of sp³-hybridized carbons (Fsp3) is 0.909. The summed E-state index contributed by atoms with van der Waals surface area (Å²) in [6.45, 7) is 6.60. The SMILES string of the molecule is CC(C)(C)OC(=O)CC1CCNCC1F. The molecule has 88 valence electrons. The molecule has 0 aliphatic carbocycles. The highest BCUT2D eigenvalue weighted by atomic mass is 19.1. The van der Waals surface area contributed by atoms with E-state index in [0.29, 0.717) is 13.0 Å². The van der Waals surface area contributed by atoms with Crippen molar-refractivity contribution >= 4 is 5.97 Å². The molecule has 0 aromatic rings. The second-order valence-electron chi connectivity index (χ2n) is 5.06. The zero-order chi connectivity index (χ0) is 11.5. The Morgan fingerprint density at radius 1 is 1.53 bits per heavy atom. The Bertz CT molecular complexity index is 225. The molecule has 2 unspecified atom stereocenters. The molecule has 1 aliphatic rings. The number of alkyl halides is 1. The minimum atomic E-state index is -0.925. The van der Waals surface area contributed by atoms with E-state index in [9.17, 15) is 9.18 Å². The van der Waals surface area contributed by atoms with Crippen LogP contribution >= 0.6 is 0 Å². The summed E-state index contributed by atoms with van der Waals surface area (Å²) in [5.74, 6) is -0.474. The van der Waals surface area contributed by atoms with Crippen LogP contribution in [-0.4, -0.2) is 30.8 Å². The van der Waals surface area contributed by atoms with E-state index in [1.54, 1.807) is 0 Å². The van der Waals surface area contributed by atoms with Crippen molar-refractivity contribution in [2.24, 2.45) is 5.92 Å². The van der Waals surface area contributed by atoms with Crippen LogP contribution in [0.1, 0.15) is 33.6 Å². The maximum Gasteiger partial charge on any atom is 0.306 e. The zero-order valence-corrected chi connectivity index (χ0v) is 9.68. The molecule has 3 nitrogen and oxygen atoms in total. The molecular weight excluding hydrogens is 197 g/mol. The van der Waals surface area contributed by atoms with Gasteiger partial charge in [-0.3, -0.25) is 4.79 Å². The molecule has 1 N–H and O–H groups in total. The molecule has 1 rings (SSSR count). The largest absolute Gasteiger partial charge is 0.460 e. The molecule has 0 aromatic heterocycles. The first-order valence-corrected chi connectivity index (χ1v) is 5.45. The van der Waals surface area contributed by atoms with Crippen LogP contribution in [-0.2, 0) is 9.53 Å². The first kappa shape index (κ1) is 12.4. The Kier molecular flexibility index (Phi) is 4.08. The predicted molar refractivity (Wildman–Crippen MR) is 56.3 cm³/mol. The van der Waals surface area contributed by atoms with E-state index in [1.165, 1.54) is 0 Å². The molecule has 0 amide bonds. The molecule has 1 fully saturated rings. The third kappa shape index (κ3) is 4.60. The van der Waals surface area contributed by atoms with Gasteiger partial charge >= 0.3 is 5.97 Å². The van der Waals surface area contributed by atoms with E-state index in [4.69, 9.17) is 4.74 Å². The van der Waals surface area contributed by atoms with Crippen LogP contribution in [0, 0.1) is 5.92 Å². The van der Waals surface area contributed by atoms with Gasteiger partial charge in [0.2, 0.25) is 0 Å². The highest BCUT2D eigenvalue weighted by Crippen LogP contribution is 2.21. The second kappa shape index (κ2) is 4.92. The van der Waals surface area contributed by atoms with E-state index < -0.39 is 11.8 Å². The van der Waals surface area contributed by atoms with Gasteiger partial charge in [-0.25, -0.2) is 4.39 Å². The normalized spacial score (nSPS) is 27.5. The maximum absolute atomic E-state index is 13.4. The molecule has 4 heteroatoms. The van der Waals surface area contributed by atoms with Gasteiger partial charge in [-0.15, -0.1) is 0 Å². The van der Waals surface area contributed by atoms with Gasteiger partial charge in [0, 0.05) is 12.5 Å². The Labute approximate surface area is 90.4 Å². The summed E-state index contributed by atoms with van der Waals surface area (Å²) >= 11 is 0. The summed E-state index contributed by atoms with van der Waals surface area (Å²) in [6.07, 6.45) is -0.0215. The molecule has 1 saturated heterocycles. The third-order valence-electron chi connectivity index (χ3n) is 2.39. The molecule has 0 bridgehead atoms. The highest BCUT2D eigenvalue weighted by molar-refractivity contribution is 5.70. The van der Waals surface area contributed by atoms with Crippen molar-refractivity contribution in [2.75, 3.05) is 13.1 Å². The van der Waals surface area contributed by atoms with Gasteiger partial charge in [0.1, 0.15) is 11.8 Å². The van der Waals surface area contributed by atoms with Crippen LogP contribution in [0.25, 0.3) is 0 Å². The van der Waals surface area contributed by atoms with E-state index in [1.807, 2.05) is 20.8 Å². The van der Waals surface area contributed by atoms with E-state index >= 15 is 0 Å². The van der Waals surface area contributed by atoms with Crippen molar-refractivity contribution < 1.29 is 13.9 Å². The molecule has 1 heterocycles. The Morgan fingerprint density at radius 2 is 2.20 bits per heavy atom. The summed E-state index contributed by atoms with van der Waals surface area (Å²) in [5.41, 5.74) is -0.476. The molecule has 0 radical (unpaired) electrons. The lowest BCUT2D eigenvalue weighted by atomic mass is 9.93. The summed E-state index contributed by atoms with van der Waals surface area (Å²) in [5, 5.41) is 2.96. The molecular formula is C11H20FNO2. The molecule has 0 aromatic carbocycles. The first-order valence-electron chi connectivity index (χ1n) is 5.45. The monoisotopic (exact) mass is 217 g/mol. The maximum atomic E-state index is 13.4. The fourth-order valence-corrected chi connectivity index (χ4v) is 1.70. The number of rotatable bonds is 2. The lowest BCUT2D eigenvalue weighted by Crippen LogP contribution is -2.39. The van der Waals surface area contributed by atoms with E-state index in [-0.39, 0.29) is 18.3 Å². The second-order valence-corrected chi connectivity index (χ2v) is 5.06. The highest BCUT2D eigenvalue weighted by Gasteiger charge is 2.28. The van der Waals surface area contributed by atoms with Gasteiger partial charge in [-0.1, -0.05) is 0 Å². The van der Waals surface area contributed by atoms with Crippen LogP contribution < -0.4 is 5.32 Å². The number of carbonyl (C=O) groups excluding carboxylic acids is 1. The average molecular weight is 217 g/mol. The lowest BCUT2D eigenvalue weighted by molar-refractivity contribution is -0.156. The van der Waals surface area contributed by atoms with Crippen LogP contribution in [0.3, 0.4) is 0 Å². The van der Waals surface area contributed by atoms with Crippen molar-refractivity contribution in [3.8, 4) is 0 Å². The van der Waals surface area contributed by atoms with Crippen LogP contribution in [0.5, 0.6) is 0 Å². The predicted octanol–water partition coefficient (Wildman–Crippen LogP) is 1.67. The summed E-state index contributed by atoms with van der Waals surface area (Å²) < 4.78 is 18.5. The van der Waals surface area contributed by atoms with Gasteiger partial charge < -0.3 is 10.1 Å². The minimum Gasteiger partial charge on any atom is -0.460 e. The quantitative estimate of drug-likeness (QED) is 0.715. The van der Waals surface area contributed by atoms with E-state index in [0.717, 1.165) is 6.54 Å². The van der Waals surface area contributed by atoms with Crippen LogP contribution in [0.15, 0.2) is 0 Å². The fourth-order valence-electron chi connectivity index (χ4n) is 1.70. The van der Waals surface area contributed by atoms with Gasteiger partial charge in [0.25, 0.3) is 0 Å². The topological polar surface area (TPSA) is 38.3 Å². The van der Waals surface area contributed by atoms with Crippen molar-refractivity contribution in [3.63, 3.8) is 0 Å². The van der Waals surface area contributed by atoms with Gasteiger partial charge in [0.05, 0.1) is 6.42 Å². The molecule has 2 atom stereocenters. The number of hydrogen-bond acceptors (Lipinski definition) is 3. The van der Waals surface area contributed by atoms with Gasteiger partial charge in [-0.05, 0) is 33.7 Å². The number of carbonyl (C=O) groups is 1. The molecule has 0 saturated carbocycles. The Morgan fingerprint density at radius 3 is 2.73 bits per heavy atom. The summed E-state index contributed by atoms with van der Waals surface area (Å²) in [6, 6.07) is 0. The van der Waals surface area contributed by atoms with Crippen molar-refractivity contribution in [2.45, 2.75) is 45.4 Å². The van der Waals surface area contributed by atoms with Crippen LogP contribution in [0.2, 0.25) is 0 Å². The van der Waals surface area contributed by atoms with Gasteiger partial charge in [-0.2, -0.15) is 0 Å². The number of ether oxygens (including phenoxy) is 1. The standard InChI is InChI=1S/C11H20FNO2/c1-11(2,3)15-10(14)6-8-4-5-13-7-9(8)12/h8-9,13H,4-7H2,1-3H3. The van der Waals surface area contributed by atoms with Crippen molar-refractivity contribution in [1.82, 2.24) is 5.32 Å². The third-order valence-corrected chi connectivity index (χ3v) is 2.39. The number of hydrogen-bond donors (Lipinski definition) is 1. The summed E-state index contributed by atoms with van der Waals surface area (Å²) in [7, 11) is 0. The van der Waals surface area contributed by atoms with Crippen LogP contribution in [0.4, 0.5) is 4.39 Å². The van der Waals surface area contributed by atoms with Crippen molar-refractivity contribution in [3.05, 3.63) is 0 Å². The van der Waals surface area contributed by atoms with Gasteiger partial charge in [0.15, 0.2) is 0 Å². The van der Waals surface area contributed by atoms with Crippen molar-refractivity contribution in [1.29, 1.82) is 0 Å². The molecule has 15 heavy (non-hydrogen) atoms. The molecule has 0 spiro atoms. The smallest absolute Gasteiger partial charge is 0.306 e. The molecule has 1 aliphatic heterocycles. The lowest BCUT2D eigenvalue weighted by Gasteiger charge is -2.27. The first-order chi connectivity index (χ1) is 6.88. The Hall–Kier alpha value is -0.640. The average Bonchev–Trinajstić information content (AvgIpc) is 2.05. The number of piperidine rings is 1. The Balaban J connectivity index is 2.36. The van der Waals surface area contributed by atoms with E-state index in [2.05, 4.69) is 5.32 Å². The number of nitrogens with one attached hydrogen (secondary N) is 1. The number of esters is 1. The zero-order valence-electron chi connectivity index (χ0n) is 9.68. The number of halogens is 1. The summed E-state index contributed by atoms with van der Waals surface area (Å²) in [4.78, 5) is 11.5.